The molecule has 2 heterocycles. The van der Waals surface area contributed by atoms with Gasteiger partial charge in [0.1, 0.15) is 0 Å². The number of nitrogens with one attached hydrogen (secondary N) is 1. The van der Waals surface area contributed by atoms with Crippen LogP contribution in [0.3, 0.4) is 0 Å². The highest BCUT2D eigenvalue weighted by molar-refractivity contribution is 7.11. The maximum absolute atomic E-state index is 4.44. The first-order valence-corrected chi connectivity index (χ1v) is 6.93. The Kier molecular flexibility index (Phi) is 3.82. The minimum absolute atomic E-state index is 0.863. The summed E-state index contributed by atoms with van der Waals surface area (Å²) in [5.41, 5.74) is 4.79. The van der Waals surface area contributed by atoms with Crippen LogP contribution < -0.4 is 5.32 Å². The van der Waals surface area contributed by atoms with Crippen molar-refractivity contribution in [1.82, 2.24) is 20.1 Å². The highest BCUT2D eigenvalue weighted by Crippen LogP contribution is 2.17. The molecule has 1 N–H and O–H groups in total. The van der Waals surface area contributed by atoms with Crippen molar-refractivity contribution in [2.24, 2.45) is 7.05 Å². The number of rotatable bonds is 4. The Bertz CT molecular complexity index is 554. The molecule has 0 unspecified atom stereocenters. The fourth-order valence-corrected chi connectivity index (χ4v) is 3.02. The first kappa shape index (κ1) is 13.2. The molecule has 0 saturated carbocycles. The summed E-state index contributed by atoms with van der Waals surface area (Å²) >= 11 is 1.77. The normalized spacial score (nSPS) is 11.2. The van der Waals surface area contributed by atoms with Gasteiger partial charge in [0, 0.05) is 36.3 Å². The molecule has 0 aromatic carbocycles. The molecule has 4 nitrogen and oxygen atoms in total. The highest BCUT2D eigenvalue weighted by atomic mass is 32.1. The number of hydrogen-bond donors (Lipinski definition) is 1. The van der Waals surface area contributed by atoms with Crippen LogP contribution in [-0.2, 0) is 20.1 Å². The summed E-state index contributed by atoms with van der Waals surface area (Å²) in [5.74, 6) is 0. The fraction of sp³-hybridized carbons (Fsp3) is 0.538. The number of aromatic nitrogens is 3. The monoisotopic (exact) mass is 264 g/mol. The van der Waals surface area contributed by atoms with E-state index in [-0.39, 0.29) is 0 Å². The predicted molar refractivity (Wildman–Crippen MR) is 74.8 cm³/mol. The zero-order chi connectivity index (χ0) is 13.3. The second-order valence-electron chi connectivity index (χ2n) is 4.62. The van der Waals surface area contributed by atoms with E-state index in [0.717, 1.165) is 29.5 Å². The molecule has 2 rings (SSSR count). The molecule has 0 fully saturated rings. The first-order valence-electron chi connectivity index (χ1n) is 6.11. The van der Waals surface area contributed by atoms with E-state index in [4.69, 9.17) is 0 Å². The van der Waals surface area contributed by atoms with Gasteiger partial charge in [-0.2, -0.15) is 5.10 Å². The smallest absolute Gasteiger partial charge is 0.0900 e. The van der Waals surface area contributed by atoms with E-state index < -0.39 is 0 Å². The molecule has 0 amide bonds. The van der Waals surface area contributed by atoms with E-state index in [1.165, 1.54) is 16.1 Å². The van der Waals surface area contributed by atoms with E-state index in [1.54, 1.807) is 11.3 Å². The molecule has 98 valence electrons. The van der Waals surface area contributed by atoms with E-state index >= 15 is 0 Å². The lowest BCUT2D eigenvalue weighted by atomic mass is 10.2. The largest absolute Gasteiger partial charge is 0.308 e. The second kappa shape index (κ2) is 5.20. The van der Waals surface area contributed by atoms with Gasteiger partial charge in [-0.25, -0.2) is 4.98 Å². The van der Waals surface area contributed by atoms with Gasteiger partial charge in [0.15, 0.2) is 0 Å². The van der Waals surface area contributed by atoms with Crippen molar-refractivity contribution in [2.75, 3.05) is 0 Å². The van der Waals surface area contributed by atoms with Crippen LogP contribution in [0.5, 0.6) is 0 Å². The van der Waals surface area contributed by atoms with Crippen LogP contribution in [-0.4, -0.2) is 14.8 Å². The lowest BCUT2D eigenvalue weighted by Gasteiger charge is -2.04. The molecule has 18 heavy (non-hydrogen) atoms. The summed E-state index contributed by atoms with van der Waals surface area (Å²) < 4.78 is 1.94. The van der Waals surface area contributed by atoms with Crippen molar-refractivity contribution in [2.45, 2.75) is 40.8 Å². The van der Waals surface area contributed by atoms with Crippen LogP contribution in [0.1, 0.15) is 32.5 Å². The van der Waals surface area contributed by atoms with Gasteiger partial charge in [-0.15, -0.1) is 11.3 Å². The third-order valence-electron chi connectivity index (χ3n) is 3.25. The van der Waals surface area contributed by atoms with Crippen LogP contribution >= 0.6 is 11.3 Å². The maximum atomic E-state index is 4.44. The third kappa shape index (κ3) is 2.62. The average molecular weight is 264 g/mol. The second-order valence-corrected chi connectivity index (χ2v) is 5.91. The Morgan fingerprint density at radius 1 is 1.11 bits per heavy atom. The van der Waals surface area contributed by atoms with Crippen molar-refractivity contribution in [3.63, 3.8) is 0 Å². The minimum Gasteiger partial charge on any atom is -0.308 e. The maximum Gasteiger partial charge on any atom is 0.0900 e. The quantitative estimate of drug-likeness (QED) is 0.922. The molecule has 0 atom stereocenters. The molecule has 0 aliphatic heterocycles. The third-order valence-corrected chi connectivity index (χ3v) is 4.32. The topological polar surface area (TPSA) is 42.7 Å². The number of hydrogen-bond acceptors (Lipinski definition) is 4. The lowest BCUT2D eigenvalue weighted by Crippen LogP contribution is -2.13. The molecule has 2 aromatic heterocycles. The molecule has 0 aliphatic carbocycles. The van der Waals surface area contributed by atoms with Crippen molar-refractivity contribution in [3.8, 4) is 0 Å². The summed E-state index contributed by atoms with van der Waals surface area (Å²) in [6.07, 6.45) is 0. The van der Waals surface area contributed by atoms with Gasteiger partial charge in [-0.05, 0) is 27.7 Å². The first-order chi connectivity index (χ1) is 8.49. The molecule has 0 bridgehead atoms. The molecule has 5 heteroatoms. The highest BCUT2D eigenvalue weighted by Gasteiger charge is 2.09. The van der Waals surface area contributed by atoms with Gasteiger partial charge in [-0.1, -0.05) is 0 Å². The Morgan fingerprint density at radius 2 is 1.83 bits per heavy atom. The number of nitrogens with zero attached hydrogens (tertiary/aromatic N) is 3. The minimum atomic E-state index is 0.863. The predicted octanol–water partition coefficient (Wildman–Crippen LogP) is 2.40. The van der Waals surface area contributed by atoms with E-state index in [2.05, 4.69) is 43.1 Å². The summed E-state index contributed by atoms with van der Waals surface area (Å²) in [7, 11) is 1.99. The molecule has 0 saturated heterocycles. The molecular weight excluding hydrogens is 244 g/mol. The Morgan fingerprint density at radius 3 is 2.33 bits per heavy atom. The van der Waals surface area contributed by atoms with E-state index in [0.29, 0.717) is 0 Å². The Hall–Kier alpha value is -1.20. The van der Waals surface area contributed by atoms with Crippen molar-refractivity contribution < 1.29 is 0 Å². The standard InChI is InChI=1S/C13H20N4S/c1-8-12(10(3)17(5)16-8)6-14-7-13-9(2)15-11(4)18-13/h14H,6-7H2,1-5H3. The summed E-state index contributed by atoms with van der Waals surface area (Å²) in [6, 6.07) is 0. The van der Waals surface area contributed by atoms with Gasteiger partial charge in [0.25, 0.3) is 0 Å². The van der Waals surface area contributed by atoms with Crippen LogP contribution in [0.25, 0.3) is 0 Å². The van der Waals surface area contributed by atoms with E-state index in [1.807, 2.05) is 11.7 Å². The van der Waals surface area contributed by atoms with Gasteiger partial charge in [0.05, 0.1) is 16.4 Å². The van der Waals surface area contributed by atoms with Crippen LogP contribution in [0.4, 0.5) is 0 Å². The van der Waals surface area contributed by atoms with Gasteiger partial charge < -0.3 is 5.32 Å². The zero-order valence-corrected chi connectivity index (χ0v) is 12.5. The average Bonchev–Trinajstić information content (AvgIpc) is 2.73. The summed E-state index contributed by atoms with van der Waals surface area (Å²) in [6.45, 7) is 10.0. The number of aryl methyl sites for hydroxylation is 4. The number of thiazole rings is 1. The SMILES string of the molecule is Cc1nc(C)c(CNCc2c(C)nn(C)c2C)s1. The van der Waals surface area contributed by atoms with Crippen LogP contribution in [0.2, 0.25) is 0 Å². The zero-order valence-electron chi connectivity index (χ0n) is 11.7. The lowest BCUT2D eigenvalue weighted by molar-refractivity contribution is 0.687. The van der Waals surface area contributed by atoms with Gasteiger partial charge >= 0.3 is 0 Å². The van der Waals surface area contributed by atoms with Crippen LogP contribution in [0.15, 0.2) is 0 Å². The molecule has 0 aliphatic rings. The van der Waals surface area contributed by atoms with Crippen LogP contribution in [0, 0.1) is 27.7 Å². The van der Waals surface area contributed by atoms with Crippen molar-refractivity contribution in [1.29, 1.82) is 0 Å². The Labute approximate surface area is 112 Å². The van der Waals surface area contributed by atoms with Crippen molar-refractivity contribution >= 4 is 11.3 Å². The Balaban J connectivity index is 1.98. The fourth-order valence-electron chi connectivity index (χ4n) is 2.11. The summed E-state index contributed by atoms with van der Waals surface area (Å²) in [5, 5.41) is 9.05. The van der Waals surface area contributed by atoms with E-state index in [9.17, 15) is 0 Å². The van der Waals surface area contributed by atoms with Gasteiger partial charge in [0.2, 0.25) is 0 Å². The molecule has 2 aromatic rings. The summed E-state index contributed by atoms with van der Waals surface area (Å²) in [4.78, 5) is 5.76. The molecule has 0 spiro atoms. The molecule has 0 radical (unpaired) electrons. The molecular formula is C13H20N4S. The van der Waals surface area contributed by atoms with Gasteiger partial charge in [-0.3, -0.25) is 4.68 Å². The van der Waals surface area contributed by atoms with Crippen molar-refractivity contribution in [3.05, 3.63) is 32.5 Å².